The fraction of sp³-hybridized carbons (Fsp3) is 0.121. The number of barbiturate groups is 1. The molecule has 0 aromatic heterocycles. The molecule has 0 spiro atoms. The number of hydrogen-bond acceptors (Lipinski definition) is 8. The molecule has 0 radical (unpaired) electrons. The number of non-ortho nitro benzene ring substituents is 1. The second kappa shape index (κ2) is 14.0. The standard InChI is InChI=1S/C33H26IN3O8/c1-2-43-29-18-23(17-28(34)30(29)45-20-22-8-10-25(11-9-22)37(41)42)16-27-31(38)35-33(40)36(32(27)39)24-12-14-26(15-13-24)44-19-21-6-4-3-5-7-21/h3-18H,2,19-20H2,1H3,(H,35,38,40)/b27-16+. The first kappa shape index (κ1) is 31.2. The van der Waals surface area contributed by atoms with E-state index in [1.54, 1.807) is 55.5 Å². The first-order chi connectivity index (χ1) is 21.7. The van der Waals surface area contributed by atoms with E-state index < -0.39 is 22.8 Å². The number of nitro groups is 1. The molecule has 4 aromatic rings. The number of urea groups is 1. The lowest BCUT2D eigenvalue weighted by atomic mass is 10.1. The number of nitrogens with one attached hydrogen (secondary N) is 1. The van der Waals surface area contributed by atoms with Gasteiger partial charge in [0.15, 0.2) is 11.5 Å². The zero-order valence-electron chi connectivity index (χ0n) is 23.9. The van der Waals surface area contributed by atoms with Crippen LogP contribution in [-0.4, -0.2) is 29.4 Å². The van der Waals surface area contributed by atoms with Gasteiger partial charge in [-0.05, 0) is 101 Å². The van der Waals surface area contributed by atoms with Gasteiger partial charge in [0.1, 0.15) is 24.5 Å². The van der Waals surface area contributed by atoms with Crippen LogP contribution in [0.5, 0.6) is 17.2 Å². The van der Waals surface area contributed by atoms with Crippen molar-refractivity contribution in [2.75, 3.05) is 11.5 Å². The quantitative estimate of drug-likeness (QED) is 0.0617. The monoisotopic (exact) mass is 719 g/mol. The molecule has 0 saturated carbocycles. The van der Waals surface area contributed by atoms with Gasteiger partial charge in [-0.3, -0.25) is 25.0 Å². The zero-order chi connectivity index (χ0) is 31.9. The average Bonchev–Trinajstić information content (AvgIpc) is 3.03. The minimum Gasteiger partial charge on any atom is -0.490 e. The summed E-state index contributed by atoms with van der Waals surface area (Å²) in [5.41, 5.74) is 2.19. The number of hydrogen-bond donors (Lipinski definition) is 1. The molecule has 12 heteroatoms. The molecule has 11 nitrogen and oxygen atoms in total. The van der Waals surface area contributed by atoms with Gasteiger partial charge in [0.05, 0.1) is 20.8 Å². The van der Waals surface area contributed by atoms with Crippen LogP contribution in [0.3, 0.4) is 0 Å². The largest absolute Gasteiger partial charge is 0.490 e. The van der Waals surface area contributed by atoms with E-state index in [1.165, 1.54) is 18.2 Å². The maximum Gasteiger partial charge on any atom is 0.335 e. The minimum atomic E-state index is -0.861. The molecule has 0 aliphatic carbocycles. The highest BCUT2D eigenvalue weighted by Gasteiger charge is 2.37. The van der Waals surface area contributed by atoms with Crippen molar-refractivity contribution >= 4 is 57.9 Å². The van der Waals surface area contributed by atoms with Gasteiger partial charge in [-0.1, -0.05) is 30.3 Å². The summed E-state index contributed by atoms with van der Waals surface area (Å²) in [5.74, 6) is -0.249. The summed E-state index contributed by atoms with van der Waals surface area (Å²) < 4.78 is 18.2. The Balaban J connectivity index is 1.35. The number of ether oxygens (including phenoxy) is 3. The van der Waals surface area contributed by atoms with Gasteiger partial charge in [0.25, 0.3) is 17.5 Å². The Morgan fingerprint density at radius 1 is 0.867 bits per heavy atom. The average molecular weight is 719 g/mol. The van der Waals surface area contributed by atoms with Crippen LogP contribution in [0.15, 0.2) is 96.6 Å². The lowest BCUT2D eigenvalue weighted by Gasteiger charge is -2.26. The summed E-state index contributed by atoms with van der Waals surface area (Å²) in [5, 5.41) is 13.2. The van der Waals surface area contributed by atoms with Crippen molar-refractivity contribution in [3.05, 3.63) is 127 Å². The number of amides is 4. The van der Waals surface area contributed by atoms with Crippen LogP contribution in [0.2, 0.25) is 0 Å². The van der Waals surface area contributed by atoms with Crippen LogP contribution in [-0.2, 0) is 22.8 Å². The summed E-state index contributed by atoms with van der Waals surface area (Å²) in [4.78, 5) is 50.4. The molecule has 0 atom stereocenters. The number of imide groups is 2. The third-order valence-corrected chi connectivity index (χ3v) is 7.42. The van der Waals surface area contributed by atoms with Gasteiger partial charge in [-0.2, -0.15) is 0 Å². The van der Waals surface area contributed by atoms with E-state index in [0.29, 0.717) is 39.6 Å². The van der Waals surface area contributed by atoms with E-state index in [0.717, 1.165) is 16.0 Å². The van der Waals surface area contributed by atoms with Crippen LogP contribution in [0.25, 0.3) is 6.08 Å². The van der Waals surface area contributed by atoms with Crippen molar-refractivity contribution < 1.29 is 33.5 Å². The van der Waals surface area contributed by atoms with Gasteiger partial charge < -0.3 is 14.2 Å². The summed E-state index contributed by atoms with van der Waals surface area (Å²) in [6, 6.07) is 24.5. The Hall–Kier alpha value is -5.24. The van der Waals surface area contributed by atoms with E-state index in [1.807, 2.05) is 30.3 Å². The van der Waals surface area contributed by atoms with Crippen molar-refractivity contribution in [1.29, 1.82) is 0 Å². The number of nitro benzene ring substituents is 1. The lowest BCUT2D eigenvalue weighted by molar-refractivity contribution is -0.384. The molecule has 228 valence electrons. The van der Waals surface area contributed by atoms with Crippen LogP contribution >= 0.6 is 22.6 Å². The van der Waals surface area contributed by atoms with Crippen molar-refractivity contribution in [3.63, 3.8) is 0 Å². The van der Waals surface area contributed by atoms with Crippen molar-refractivity contribution in [3.8, 4) is 17.2 Å². The SMILES string of the molecule is CCOc1cc(/C=C2\C(=O)NC(=O)N(c3ccc(OCc4ccccc4)cc3)C2=O)cc(I)c1OCc1ccc([N+](=O)[O-])cc1. The Bertz CT molecular complexity index is 1770. The number of nitrogens with zero attached hydrogens (tertiary/aromatic N) is 2. The topological polar surface area (TPSA) is 137 Å². The maximum absolute atomic E-state index is 13.5. The normalized spacial score (nSPS) is 13.9. The van der Waals surface area contributed by atoms with Crippen LogP contribution in [0.1, 0.15) is 23.6 Å². The second-order valence-corrected chi connectivity index (χ2v) is 10.9. The van der Waals surface area contributed by atoms with Gasteiger partial charge >= 0.3 is 6.03 Å². The molecule has 1 aliphatic rings. The molecule has 45 heavy (non-hydrogen) atoms. The van der Waals surface area contributed by atoms with Gasteiger partial charge in [-0.15, -0.1) is 0 Å². The molecule has 1 saturated heterocycles. The van der Waals surface area contributed by atoms with Gasteiger partial charge in [0, 0.05) is 12.1 Å². The predicted octanol–water partition coefficient (Wildman–Crippen LogP) is 6.42. The fourth-order valence-corrected chi connectivity index (χ4v) is 5.22. The van der Waals surface area contributed by atoms with Crippen molar-refractivity contribution in [2.45, 2.75) is 20.1 Å². The van der Waals surface area contributed by atoms with Crippen molar-refractivity contribution in [2.24, 2.45) is 0 Å². The third-order valence-electron chi connectivity index (χ3n) is 6.62. The zero-order valence-corrected chi connectivity index (χ0v) is 26.1. The van der Waals surface area contributed by atoms with Crippen molar-refractivity contribution in [1.82, 2.24) is 5.32 Å². The summed E-state index contributed by atoms with van der Waals surface area (Å²) in [7, 11) is 0. The smallest absolute Gasteiger partial charge is 0.335 e. The Morgan fingerprint density at radius 2 is 1.53 bits per heavy atom. The van der Waals surface area contributed by atoms with E-state index in [4.69, 9.17) is 14.2 Å². The maximum atomic E-state index is 13.5. The molecule has 5 rings (SSSR count). The molecule has 1 heterocycles. The van der Waals surface area contributed by atoms with E-state index in [-0.39, 0.29) is 23.6 Å². The number of anilines is 1. The molecule has 1 N–H and O–H groups in total. The fourth-order valence-electron chi connectivity index (χ4n) is 4.43. The highest BCUT2D eigenvalue weighted by molar-refractivity contribution is 14.1. The van der Waals surface area contributed by atoms with Gasteiger partial charge in [-0.25, -0.2) is 9.69 Å². The van der Waals surface area contributed by atoms with Crippen LogP contribution in [0.4, 0.5) is 16.2 Å². The lowest BCUT2D eigenvalue weighted by Crippen LogP contribution is -2.54. The molecule has 0 unspecified atom stereocenters. The Labute approximate surface area is 271 Å². The number of carbonyl (C=O) groups is 3. The second-order valence-electron chi connectivity index (χ2n) is 9.70. The molecular formula is C33H26IN3O8. The van der Waals surface area contributed by atoms with E-state index in [9.17, 15) is 24.5 Å². The highest BCUT2D eigenvalue weighted by atomic mass is 127. The molecule has 1 aliphatic heterocycles. The molecular weight excluding hydrogens is 693 g/mol. The third kappa shape index (κ3) is 7.47. The van der Waals surface area contributed by atoms with E-state index >= 15 is 0 Å². The molecule has 0 bridgehead atoms. The first-order valence-corrected chi connectivity index (χ1v) is 14.8. The highest BCUT2D eigenvalue weighted by Crippen LogP contribution is 2.36. The Kier molecular flexibility index (Phi) is 9.73. The van der Waals surface area contributed by atoms with Crippen LogP contribution in [0, 0.1) is 13.7 Å². The number of benzene rings is 4. The Morgan fingerprint density at radius 3 is 2.20 bits per heavy atom. The molecule has 1 fully saturated rings. The number of rotatable bonds is 11. The van der Waals surface area contributed by atoms with Crippen LogP contribution < -0.4 is 24.4 Å². The summed E-state index contributed by atoms with van der Waals surface area (Å²) in [6.45, 7) is 2.60. The summed E-state index contributed by atoms with van der Waals surface area (Å²) >= 11 is 2.06. The van der Waals surface area contributed by atoms with Gasteiger partial charge in [0.2, 0.25) is 0 Å². The van der Waals surface area contributed by atoms with E-state index in [2.05, 4.69) is 27.9 Å². The molecule has 4 aromatic carbocycles. The minimum absolute atomic E-state index is 0.0212. The number of halogens is 1. The first-order valence-electron chi connectivity index (χ1n) is 13.7. The predicted molar refractivity (Wildman–Crippen MR) is 174 cm³/mol. The molecule has 4 amide bonds. The summed E-state index contributed by atoms with van der Waals surface area (Å²) in [6.07, 6.45) is 1.39. The number of carbonyl (C=O) groups excluding carboxylic acids is 3.